The Balaban J connectivity index is 2.80. The van der Waals surface area contributed by atoms with E-state index in [2.05, 4.69) is 11.2 Å². The molecule has 1 aromatic carbocycles. The molecule has 0 aromatic heterocycles. The van der Waals surface area contributed by atoms with Crippen LogP contribution in [0, 0.1) is 12.3 Å². The molecular formula is C10H9NO2. The Bertz CT molecular complexity index is 352. The summed E-state index contributed by atoms with van der Waals surface area (Å²) in [5.41, 5.74) is 0.972. The Morgan fingerprint density at radius 1 is 1.62 bits per heavy atom. The molecule has 0 fully saturated rings. The number of hydrogen-bond donors (Lipinski definition) is 2. The number of terminal acetylenes is 1. The number of carboxylic acids is 1. The highest BCUT2D eigenvalue weighted by Gasteiger charge is 2.01. The van der Waals surface area contributed by atoms with E-state index >= 15 is 0 Å². The summed E-state index contributed by atoms with van der Waals surface area (Å²) in [5, 5.41) is 11.6. The van der Waals surface area contributed by atoms with Crippen LogP contribution in [0.3, 0.4) is 0 Å². The van der Waals surface area contributed by atoms with Gasteiger partial charge in [0.2, 0.25) is 0 Å². The second-order valence-electron chi connectivity index (χ2n) is 2.44. The summed E-state index contributed by atoms with van der Waals surface area (Å²) in [4.78, 5) is 10.6. The topological polar surface area (TPSA) is 49.3 Å². The number of carbonyl (C=O) groups is 1. The van der Waals surface area contributed by atoms with E-state index in [0.717, 1.165) is 5.69 Å². The maximum Gasteiger partial charge on any atom is 0.335 e. The lowest BCUT2D eigenvalue weighted by atomic mass is 10.2. The van der Waals surface area contributed by atoms with E-state index in [9.17, 15) is 4.79 Å². The van der Waals surface area contributed by atoms with Crippen LogP contribution in [0.2, 0.25) is 0 Å². The molecule has 66 valence electrons. The SMILES string of the molecule is C#CCNc1cccc(C(=O)O)c1. The number of carboxylic acid groups (broad SMARTS) is 1. The Labute approximate surface area is 76.4 Å². The lowest BCUT2D eigenvalue weighted by molar-refractivity contribution is 0.0697. The van der Waals surface area contributed by atoms with E-state index in [4.69, 9.17) is 11.5 Å². The Hall–Kier alpha value is -1.95. The minimum absolute atomic E-state index is 0.252. The second kappa shape index (κ2) is 4.17. The molecule has 3 nitrogen and oxygen atoms in total. The first-order valence-corrected chi connectivity index (χ1v) is 3.74. The Morgan fingerprint density at radius 2 is 2.38 bits per heavy atom. The molecule has 0 amide bonds. The summed E-state index contributed by atoms with van der Waals surface area (Å²) >= 11 is 0. The highest BCUT2D eigenvalue weighted by Crippen LogP contribution is 2.09. The van der Waals surface area contributed by atoms with Crippen molar-refractivity contribution in [1.82, 2.24) is 0 Å². The smallest absolute Gasteiger partial charge is 0.335 e. The number of aromatic carboxylic acids is 1. The largest absolute Gasteiger partial charge is 0.478 e. The number of anilines is 1. The Morgan fingerprint density at radius 3 is 3.00 bits per heavy atom. The number of hydrogen-bond acceptors (Lipinski definition) is 2. The summed E-state index contributed by atoms with van der Waals surface area (Å²) < 4.78 is 0. The van der Waals surface area contributed by atoms with Crippen LogP contribution in [0.5, 0.6) is 0 Å². The van der Waals surface area contributed by atoms with Gasteiger partial charge in [-0.25, -0.2) is 4.79 Å². The third kappa shape index (κ3) is 2.53. The molecule has 0 heterocycles. The first-order chi connectivity index (χ1) is 6.24. The van der Waals surface area contributed by atoms with Crippen molar-refractivity contribution in [3.63, 3.8) is 0 Å². The van der Waals surface area contributed by atoms with Crippen LogP contribution in [0.15, 0.2) is 24.3 Å². The van der Waals surface area contributed by atoms with Crippen molar-refractivity contribution >= 4 is 11.7 Å². The van der Waals surface area contributed by atoms with Crippen molar-refractivity contribution < 1.29 is 9.90 Å². The predicted molar refractivity (Wildman–Crippen MR) is 50.7 cm³/mol. The molecule has 0 unspecified atom stereocenters. The van der Waals surface area contributed by atoms with E-state index in [1.54, 1.807) is 18.2 Å². The van der Waals surface area contributed by atoms with Crippen LogP contribution >= 0.6 is 0 Å². The first-order valence-electron chi connectivity index (χ1n) is 3.74. The molecule has 2 N–H and O–H groups in total. The van der Waals surface area contributed by atoms with Crippen LogP contribution < -0.4 is 5.32 Å². The standard InChI is InChI=1S/C10H9NO2/c1-2-6-11-9-5-3-4-8(7-9)10(12)13/h1,3-5,7,11H,6H2,(H,12,13). The van der Waals surface area contributed by atoms with Gasteiger partial charge in [-0.15, -0.1) is 6.42 Å². The fourth-order valence-corrected chi connectivity index (χ4v) is 0.915. The normalized spacial score (nSPS) is 8.85. The zero-order valence-electron chi connectivity index (χ0n) is 6.95. The molecular weight excluding hydrogens is 166 g/mol. The van der Waals surface area contributed by atoms with Crippen LogP contribution in [0.4, 0.5) is 5.69 Å². The number of benzene rings is 1. The van der Waals surface area contributed by atoms with Gasteiger partial charge in [0, 0.05) is 5.69 Å². The van der Waals surface area contributed by atoms with Crippen molar-refractivity contribution in [3.8, 4) is 12.3 Å². The molecule has 0 saturated heterocycles. The van der Waals surface area contributed by atoms with Gasteiger partial charge < -0.3 is 10.4 Å². The molecule has 0 aliphatic rings. The monoisotopic (exact) mass is 175 g/mol. The Kier molecular flexibility index (Phi) is 2.93. The van der Waals surface area contributed by atoms with Gasteiger partial charge in [-0.3, -0.25) is 0 Å². The summed E-state index contributed by atoms with van der Waals surface area (Å²) in [6, 6.07) is 6.51. The average molecular weight is 175 g/mol. The van der Waals surface area contributed by atoms with Crippen molar-refractivity contribution in [2.45, 2.75) is 0 Å². The van der Waals surface area contributed by atoms with E-state index in [-0.39, 0.29) is 5.56 Å². The molecule has 0 spiro atoms. The van der Waals surface area contributed by atoms with Crippen molar-refractivity contribution in [1.29, 1.82) is 0 Å². The van der Waals surface area contributed by atoms with Crippen molar-refractivity contribution in [2.75, 3.05) is 11.9 Å². The maximum absolute atomic E-state index is 10.6. The van der Waals surface area contributed by atoms with Gasteiger partial charge in [-0.05, 0) is 18.2 Å². The van der Waals surface area contributed by atoms with Crippen molar-refractivity contribution in [3.05, 3.63) is 29.8 Å². The van der Waals surface area contributed by atoms with E-state index < -0.39 is 5.97 Å². The zero-order valence-corrected chi connectivity index (χ0v) is 6.95. The predicted octanol–water partition coefficient (Wildman–Crippen LogP) is 1.43. The highest BCUT2D eigenvalue weighted by atomic mass is 16.4. The summed E-state index contributed by atoms with van der Waals surface area (Å²) in [7, 11) is 0. The van der Waals surface area contributed by atoms with Crippen LogP contribution in [0.25, 0.3) is 0 Å². The maximum atomic E-state index is 10.6. The van der Waals surface area contributed by atoms with Crippen LogP contribution in [0.1, 0.15) is 10.4 Å². The van der Waals surface area contributed by atoms with E-state index in [1.807, 2.05) is 0 Å². The molecule has 0 radical (unpaired) electrons. The fourth-order valence-electron chi connectivity index (χ4n) is 0.915. The minimum atomic E-state index is -0.940. The third-order valence-electron chi connectivity index (χ3n) is 1.50. The van der Waals surface area contributed by atoms with E-state index in [1.165, 1.54) is 6.07 Å². The average Bonchev–Trinajstić information content (AvgIpc) is 2.15. The lowest BCUT2D eigenvalue weighted by Crippen LogP contribution is -2.01. The van der Waals surface area contributed by atoms with Crippen LogP contribution in [-0.4, -0.2) is 17.6 Å². The van der Waals surface area contributed by atoms with Crippen molar-refractivity contribution in [2.24, 2.45) is 0 Å². The molecule has 0 aliphatic heterocycles. The molecule has 0 aliphatic carbocycles. The van der Waals surface area contributed by atoms with Gasteiger partial charge >= 0.3 is 5.97 Å². The fraction of sp³-hybridized carbons (Fsp3) is 0.100. The van der Waals surface area contributed by atoms with Gasteiger partial charge in [0.25, 0.3) is 0 Å². The molecule has 0 atom stereocenters. The van der Waals surface area contributed by atoms with E-state index in [0.29, 0.717) is 6.54 Å². The van der Waals surface area contributed by atoms with Gasteiger partial charge in [0.15, 0.2) is 0 Å². The molecule has 3 heteroatoms. The first kappa shape index (κ1) is 9.14. The highest BCUT2D eigenvalue weighted by molar-refractivity contribution is 5.88. The quantitative estimate of drug-likeness (QED) is 0.683. The zero-order chi connectivity index (χ0) is 9.68. The molecule has 1 aromatic rings. The lowest BCUT2D eigenvalue weighted by Gasteiger charge is -2.02. The molecule has 1 rings (SSSR count). The molecule has 0 saturated carbocycles. The molecule has 13 heavy (non-hydrogen) atoms. The molecule has 0 bridgehead atoms. The summed E-state index contributed by atoms with van der Waals surface area (Å²) in [6.45, 7) is 0.392. The van der Waals surface area contributed by atoms with Gasteiger partial charge in [-0.1, -0.05) is 12.0 Å². The number of nitrogens with one attached hydrogen (secondary N) is 1. The van der Waals surface area contributed by atoms with Crippen LogP contribution in [-0.2, 0) is 0 Å². The third-order valence-corrected chi connectivity index (χ3v) is 1.50. The van der Waals surface area contributed by atoms with Gasteiger partial charge in [-0.2, -0.15) is 0 Å². The number of rotatable bonds is 3. The second-order valence-corrected chi connectivity index (χ2v) is 2.44. The summed E-state index contributed by atoms with van der Waals surface area (Å²) in [5.74, 6) is 1.47. The minimum Gasteiger partial charge on any atom is -0.478 e. The van der Waals surface area contributed by atoms with Gasteiger partial charge in [0.1, 0.15) is 0 Å². The summed E-state index contributed by atoms with van der Waals surface area (Å²) in [6.07, 6.45) is 5.05. The van der Waals surface area contributed by atoms with Gasteiger partial charge in [0.05, 0.1) is 12.1 Å².